The van der Waals surface area contributed by atoms with Gasteiger partial charge in [-0.3, -0.25) is 9.69 Å². The van der Waals surface area contributed by atoms with Crippen molar-refractivity contribution in [2.24, 2.45) is 5.73 Å². The standard InChI is InChI=1S/C12H21N3O5/c13-6-2-1-4-8(11(17)18)14-10(16)9-5-3-7-15(9)12(19)20/h8-9H,1-7,13H2,(H,14,16)(H,17,18)(H,19,20). The summed E-state index contributed by atoms with van der Waals surface area (Å²) in [7, 11) is 0. The van der Waals surface area contributed by atoms with E-state index in [9.17, 15) is 14.4 Å². The summed E-state index contributed by atoms with van der Waals surface area (Å²) in [5.74, 6) is -1.65. The maximum Gasteiger partial charge on any atom is 0.407 e. The molecule has 1 aliphatic rings. The summed E-state index contributed by atoms with van der Waals surface area (Å²) < 4.78 is 0. The molecule has 0 saturated carbocycles. The number of carbonyl (C=O) groups is 3. The molecule has 1 saturated heterocycles. The summed E-state index contributed by atoms with van der Waals surface area (Å²) in [5, 5.41) is 20.4. The van der Waals surface area contributed by atoms with Crippen LogP contribution in [0.25, 0.3) is 0 Å². The molecule has 0 radical (unpaired) electrons. The first-order chi connectivity index (χ1) is 9.47. The molecule has 1 rings (SSSR count). The van der Waals surface area contributed by atoms with Crippen LogP contribution in [0.1, 0.15) is 32.1 Å². The van der Waals surface area contributed by atoms with Crippen LogP contribution in [0.2, 0.25) is 0 Å². The molecule has 20 heavy (non-hydrogen) atoms. The van der Waals surface area contributed by atoms with Crippen LogP contribution in [0, 0.1) is 0 Å². The van der Waals surface area contributed by atoms with Crippen LogP contribution < -0.4 is 11.1 Å². The molecule has 0 spiro atoms. The first kappa shape index (κ1) is 16.2. The first-order valence-corrected chi connectivity index (χ1v) is 6.70. The van der Waals surface area contributed by atoms with Crippen molar-refractivity contribution in [2.45, 2.75) is 44.2 Å². The molecule has 0 aromatic carbocycles. The number of nitrogens with one attached hydrogen (secondary N) is 1. The summed E-state index contributed by atoms with van der Waals surface area (Å²) in [6.07, 6.45) is 1.45. The van der Waals surface area contributed by atoms with Crippen LogP contribution in [0.4, 0.5) is 4.79 Å². The third-order valence-corrected chi connectivity index (χ3v) is 3.36. The minimum Gasteiger partial charge on any atom is -0.480 e. The summed E-state index contributed by atoms with van der Waals surface area (Å²) >= 11 is 0. The van der Waals surface area contributed by atoms with Gasteiger partial charge < -0.3 is 21.3 Å². The van der Waals surface area contributed by atoms with E-state index >= 15 is 0 Å². The average molecular weight is 287 g/mol. The molecule has 2 atom stereocenters. The van der Waals surface area contributed by atoms with Gasteiger partial charge in [0.25, 0.3) is 0 Å². The second-order valence-electron chi connectivity index (χ2n) is 4.82. The Morgan fingerprint density at radius 1 is 1.30 bits per heavy atom. The number of rotatable bonds is 7. The number of hydrogen-bond donors (Lipinski definition) is 4. The molecule has 0 aliphatic carbocycles. The fraction of sp³-hybridized carbons (Fsp3) is 0.750. The van der Waals surface area contributed by atoms with Crippen molar-refractivity contribution in [1.29, 1.82) is 0 Å². The molecule has 5 N–H and O–H groups in total. The van der Waals surface area contributed by atoms with E-state index in [1.807, 2.05) is 0 Å². The molecular weight excluding hydrogens is 266 g/mol. The normalized spacial score (nSPS) is 19.6. The van der Waals surface area contributed by atoms with Gasteiger partial charge >= 0.3 is 12.1 Å². The zero-order chi connectivity index (χ0) is 15.1. The predicted molar refractivity (Wildman–Crippen MR) is 70.2 cm³/mol. The van der Waals surface area contributed by atoms with Crippen molar-refractivity contribution in [3.63, 3.8) is 0 Å². The first-order valence-electron chi connectivity index (χ1n) is 6.70. The number of aliphatic carboxylic acids is 1. The smallest absolute Gasteiger partial charge is 0.407 e. The number of carboxylic acid groups (broad SMARTS) is 2. The molecule has 8 heteroatoms. The van der Waals surface area contributed by atoms with Crippen LogP contribution in [0.15, 0.2) is 0 Å². The highest BCUT2D eigenvalue weighted by Gasteiger charge is 2.35. The van der Waals surface area contributed by atoms with E-state index in [2.05, 4.69) is 5.32 Å². The fourth-order valence-electron chi connectivity index (χ4n) is 2.29. The van der Waals surface area contributed by atoms with Gasteiger partial charge in [0.1, 0.15) is 12.1 Å². The van der Waals surface area contributed by atoms with Gasteiger partial charge in [0.15, 0.2) is 0 Å². The molecular formula is C12H21N3O5. The van der Waals surface area contributed by atoms with Gasteiger partial charge in [0.05, 0.1) is 0 Å². The third kappa shape index (κ3) is 4.37. The number of hydrogen-bond acceptors (Lipinski definition) is 4. The second kappa shape index (κ2) is 7.68. The highest BCUT2D eigenvalue weighted by Crippen LogP contribution is 2.17. The van der Waals surface area contributed by atoms with Gasteiger partial charge in [-0.1, -0.05) is 0 Å². The zero-order valence-electron chi connectivity index (χ0n) is 11.2. The minimum absolute atomic E-state index is 0.290. The van der Waals surface area contributed by atoms with Crippen molar-refractivity contribution in [1.82, 2.24) is 10.2 Å². The summed E-state index contributed by atoms with van der Waals surface area (Å²) in [6.45, 7) is 0.772. The van der Waals surface area contributed by atoms with E-state index in [1.54, 1.807) is 0 Å². The fourth-order valence-corrected chi connectivity index (χ4v) is 2.29. The van der Waals surface area contributed by atoms with Gasteiger partial charge in [-0.2, -0.15) is 0 Å². The predicted octanol–water partition coefficient (Wildman–Crippen LogP) is -0.173. The van der Waals surface area contributed by atoms with E-state index in [1.165, 1.54) is 0 Å². The molecule has 0 aromatic rings. The summed E-state index contributed by atoms with van der Waals surface area (Å²) in [5.41, 5.74) is 5.34. The average Bonchev–Trinajstić information content (AvgIpc) is 2.86. The van der Waals surface area contributed by atoms with E-state index in [-0.39, 0.29) is 6.42 Å². The number of nitrogens with two attached hydrogens (primary N) is 1. The minimum atomic E-state index is -1.15. The van der Waals surface area contributed by atoms with Crippen LogP contribution in [0.5, 0.6) is 0 Å². The number of nitrogens with zero attached hydrogens (tertiary/aromatic N) is 1. The van der Waals surface area contributed by atoms with Gasteiger partial charge in [-0.25, -0.2) is 9.59 Å². The van der Waals surface area contributed by atoms with Crippen LogP contribution >= 0.6 is 0 Å². The zero-order valence-corrected chi connectivity index (χ0v) is 11.2. The Morgan fingerprint density at radius 3 is 2.55 bits per heavy atom. The van der Waals surface area contributed by atoms with Gasteiger partial charge in [0.2, 0.25) is 5.91 Å². The van der Waals surface area contributed by atoms with Crippen molar-refractivity contribution in [2.75, 3.05) is 13.1 Å². The SMILES string of the molecule is NCCCCC(NC(=O)C1CCCN1C(=O)O)C(=O)O. The monoisotopic (exact) mass is 287 g/mol. The Morgan fingerprint density at radius 2 is 2.00 bits per heavy atom. The number of unbranched alkanes of at least 4 members (excludes halogenated alkanes) is 1. The van der Waals surface area contributed by atoms with Crippen molar-refractivity contribution >= 4 is 18.0 Å². The topological polar surface area (TPSA) is 133 Å². The van der Waals surface area contributed by atoms with Gasteiger partial charge in [-0.05, 0) is 38.6 Å². The van der Waals surface area contributed by atoms with Crippen LogP contribution in [-0.2, 0) is 9.59 Å². The van der Waals surface area contributed by atoms with Crippen molar-refractivity contribution < 1.29 is 24.6 Å². The lowest BCUT2D eigenvalue weighted by Gasteiger charge is -2.23. The quantitative estimate of drug-likeness (QED) is 0.480. The molecule has 8 nitrogen and oxygen atoms in total. The molecule has 1 aliphatic heterocycles. The summed E-state index contributed by atoms with van der Waals surface area (Å²) in [6, 6.07) is -1.78. The lowest BCUT2D eigenvalue weighted by Crippen LogP contribution is -2.50. The Bertz CT molecular complexity index is 374. The Hall–Kier alpha value is -1.83. The molecule has 2 unspecified atom stereocenters. The molecule has 0 bridgehead atoms. The molecule has 1 heterocycles. The van der Waals surface area contributed by atoms with Crippen molar-refractivity contribution in [3.05, 3.63) is 0 Å². The number of carbonyl (C=O) groups excluding carboxylic acids is 1. The van der Waals surface area contributed by atoms with E-state index in [4.69, 9.17) is 15.9 Å². The van der Waals surface area contributed by atoms with Crippen LogP contribution in [-0.4, -0.2) is 58.3 Å². The van der Waals surface area contributed by atoms with Crippen molar-refractivity contribution in [3.8, 4) is 0 Å². The summed E-state index contributed by atoms with van der Waals surface area (Å²) in [4.78, 5) is 35.1. The number of amides is 2. The molecule has 1 fully saturated rings. The lowest BCUT2D eigenvalue weighted by molar-refractivity contribution is -0.142. The largest absolute Gasteiger partial charge is 0.480 e. The highest BCUT2D eigenvalue weighted by atomic mass is 16.4. The Labute approximate surface area is 116 Å². The van der Waals surface area contributed by atoms with Gasteiger partial charge in [-0.15, -0.1) is 0 Å². The number of carboxylic acids is 1. The van der Waals surface area contributed by atoms with E-state index in [0.717, 1.165) is 4.90 Å². The van der Waals surface area contributed by atoms with E-state index in [0.29, 0.717) is 38.8 Å². The van der Waals surface area contributed by atoms with Gasteiger partial charge in [0, 0.05) is 6.54 Å². The molecule has 2 amide bonds. The Kier molecular flexibility index (Phi) is 6.23. The maximum absolute atomic E-state index is 12.0. The molecule has 114 valence electrons. The number of likely N-dealkylation sites (tertiary alicyclic amines) is 1. The molecule has 0 aromatic heterocycles. The second-order valence-corrected chi connectivity index (χ2v) is 4.82. The highest BCUT2D eigenvalue weighted by molar-refractivity contribution is 5.89. The van der Waals surface area contributed by atoms with E-state index < -0.39 is 30.1 Å². The van der Waals surface area contributed by atoms with Crippen LogP contribution in [0.3, 0.4) is 0 Å². The lowest BCUT2D eigenvalue weighted by atomic mass is 10.1. The maximum atomic E-state index is 12.0. The Balaban J connectivity index is 2.56. The third-order valence-electron chi connectivity index (χ3n) is 3.36.